The predicted octanol–water partition coefficient (Wildman–Crippen LogP) is 3.28. The molecule has 0 saturated carbocycles. The third kappa shape index (κ3) is 5.34. The van der Waals surface area contributed by atoms with Crippen LogP contribution in [0.3, 0.4) is 0 Å². The smallest absolute Gasteiger partial charge is 0.339 e. The quantitative estimate of drug-likeness (QED) is 0.340. The normalized spacial score (nSPS) is 11.3. The summed E-state index contributed by atoms with van der Waals surface area (Å²) >= 11 is 5.79. The molecule has 30 heavy (non-hydrogen) atoms. The molecule has 0 spiro atoms. The van der Waals surface area contributed by atoms with Crippen molar-refractivity contribution in [3.8, 4) is 11.5 Å². The topological polar surface area (TPSA) is 107 Å². The Bertz CT molecular complexity index is 1170. The van der Waals surface area contributed by atoms with E-state index < -0.39 is 16.0 Å². The van der Waals surface area contributed by atoms with Gasteiger partial charge in [0.25, 0.3) is 5.91 Å². The van der Waals surface area contributed by atoms with Crippen LogP contribution in [0.1, 0.15) is 15.9 Å². The number of benzene rings is 2. The number of ether oxygens (including phenoxy) is 1. The number of nitrogens with one attached hydrogen (secondary N) is 1. The molecule has 0 saturated heterocycles. The van der Waals surface area contributed by atoms with Gasteiger partial charge in [0.2, 0.25) is 0 Å². The van der Waals surface area contributed by atoms with Crippen LogP contribution < -0.4 is 14.3 Å². The molecule has 1 N–H and O–H groups in total. The van der Waals surface area contributed by atoms with Crippen LogP contribution in [0.25, 0.3) is 0 Å². The number of aromatic nitrogens is 1. The number of nitrogens with zero attached hydrogens (tertiary/aromatic N) is 2. The predicted molar refractivity (Wildman–Crippen MR) is 112 cm³/mol. The molecule has 2 aromatic carbocycles. The van der Waals surface area contributed by atoms with E-state index in [4.69, 9.17) is 20.5 Å². The fourth-order valence-electron chi connectivity index (χ4n) is 2.33. The second-order valence-corrected chi connectivity index (χ2v) is 7.83. The summed E-state index contributed by atoms with van der Waals surface area (Å²) in [5, 5.41) is 4.28. The average molecular weight is 446 g/mol. The van der Waals surface area contributed by atoms with E-state index >= 15 is 0 Å². The molecular formula is C20H16ClN3O5S. The summed E-state index contributed by atoms with van der Waals surface area (Å²) in [6, 6.07) is 13.3. The van der Waals surface area contributed by atoms with Gasteiger partial charge in [0.1, 0.15) is 4.90 Å². The maximum absolute atomic E-state index is 12.4. The van der Waals surface area contributed by atoms with Crippen LogP contribution in [0, 0.1) is 0 Å². The molecule has 8 nitrogen and oxygen atoms in total. The number of carbonyl (C=O) groups is 1. The molecule has 0 atom stereocenters. The van der Waals surface area contributed by atoms with Crippen molar-refractivity contribution in [1.29, 1.82) is 0 Å². The Hall–Kier alpha value is -3.43. The number of hydrogen-bond donors (Lipinski definition) is 1. The lowest BCUT2D eigenvalue weighted by molar-refractivity contribution is 0.0954. The first-order chi connectivity index (χ1) is 14.4. The van der Waals surface area contributed by atoms with Crippen LogP contribution in [0.5, 0.6) is 11.5 Å². The number of amides is 1. The highest BCUT2D eigenvalue weighted by Gasteiger charge is 2.19. The lowest BCUT2D eigenvalue weighted by Crippen LogP contribution is -2.17. The molecule has 0 unspecified atom stereocenters. The Kier molecular flexibility index (Phi) is 6.65. The van der Waals surface area contributed by atoms with Gasteiger partial charge in [-0.05, 0) is 60.2 Å². The summed E-state index contributed by atoms with van der Waals surface area (Å²) < 4.78 is 35.3. The molecule has 3 aromatic rings. The van der Waals surface area contributed by atoms with Gasteiger partial charge in [0, 0.05) is 17.4 Å². The van der Waals surface area contributed by atoms with Gasteiger partial charge >= 0.3 is 10.1 Å². The summed E-state index contributed by atoms with van der Waals surface area (Å²) in [5.41, 5.74) is 3.29. The Balaban J connectivity index is 1.73. The zero-order chi connectivity index (χ0) is 21.6. The first kappa shape index (κ1) is 21.3. The van der Waals surface area contributed by atoms with Gasteiger partial charge in [-0.3, -0.25) is 9.78 Å². The number of halogens is 1. The van der Waals surface area contributed by atoms with Crippen molar-refractivity contribution in [2.75, 3.05) is 7.11 Å². The van der Waals surface area contributed by atoms with Crippen molar-refractivity contribution in [3.05, 3.63) is 83.1 Å². The van der Waals surface area contributed by atoms with Crippen LogP contribution in [0.4, 0.5) is 0 Å². The molecule has 10 heteroatoms. The van der Waals surface area contributed by atoms with E-state index in [1.165, 1.54) is 55.9 Å². The Labute approximate surface area is 178 Å². The number of carbonyl (C=O) groups excluding carboxylic acids is 1. The zero-order valence-electron chi connectivity index (χ0n) is 15.7. The molecule has 1 heterocycles. The summed E-state index contributed by atoms with van der Waals surface area (Å²) in [5.74, 6) is -0.237. The second kappa shape index (κ2) is 9.38. The van der Waals surface area contributed by atoms with E-state index in [2.05, 4.69) is 15.5 Å². The van der Waals surface area contributed by atoms with Crippen molar-refractivity contribution in [2.24, 2.45) is 5.10 Å². The molecule has 0 radical (unpaired) electrons. The lowest BCUT2D eigenvalue weighted by Gasteiger charge is -2.11. The third-order valence-electron chi connectivity index (χ3n) is 3.79. The van der Waals surface area contributed by atoms with Gasteiger partial charge in [0.05, 0.1) is 18.9 Å². The van der Waals surface area contributed by atoms with Crippen molar-refractivity contribution in [1.82, 2.24) is 10.4 Å². The number of rotatable bonds is 7. The maximum Gasteiger partial charge on any atom is 0.339 e. The maximum atomic E-state index is 12.4. The van der Waals surface area contributed by atoms with E-state index in [0.29, 0.717) is 16.1 Å². The van der Waals surface area contributed by atoms with Gasteiger partial charge in [-0.15, -0.1) is 0 Å². The number of pyridine rings is 1. The van der Waals surface area contributed by atoms with Gasteiger partial charge in [-0.2, -0.15) is 13.5 Å². The monoisotopic (exact) mass is 445 g/mol. The van der Waals surface area contributed by atoms with Gasteiger partial charge < -0.3 is 8.92 Å². The summed E-state index contributed by atoms with van der Waals surface area (Å²) in [6.07, 6.45) is 4.36. The molecule has 0 fully saturated rings. The molecule has 3 rings (SSSR count). The summed E-state index contributed by atoms with van der Waals surface area (Å²) in [6.45, 7) is 0. The highest BCUT2D eigenvalue weighted by Crippen LogP contribution is 2.30. The first-order valence-corrected chi connectivity index (χ1v) is 10.3. The van der Waals surface area contributed by atoms with Crippen LogP contribution in [-0.2, 0) is 10.1 Å². The Morgan fingerprint density at radius 2 is 1.90 bits per heavy atom. The van der Waals surface area contributed by atoms with Gasteiger partial charge in [-0.25, -0.2) is 5.43 Å². The molecule has 0 aliphatic rings. The molecule has 1 amide bonds. The first-order valence-electron chi connectivity index (χ1n) is 8.50. The molecule has 1 aromatic heterocycles. The number of methoxy groups -OCH3 is 1. The fourth-order valence-corrected chi connectivity index (χ4v) is 3.39. The SMILES string of the molecule is COc1cc(/C=N\NC(=O)c2cccnc2)ccc1OS(=O)(=O)c1ccc(Cl)cc1. The number of hydrazone groups is 1. The standard InChI is InChI=1S/C20H16ClN3O5S/c1-28-19-11-14(12-23-24-20(25)15-3-2-10-22-13-15)4-9-18(19)29-30(26,27)17-7-5-16(21)6-8-17/h2-13H,1H3,(H,24,25)/b23-12-. The van der Waals surface area contributed by atoms with Crippen molar-refractivity contribution < 1.29 is 22.1 Å². The van der Waals surface area contributed by atoms with Crippen molar-refractivity contribution in [3.63, 3.8) is 0 Å². The number of hydrogen-bond acceptors (Lipinski definition) is 7. The van der Waals surface area contributed by atoms with Crippen LogP contribution in [0.15, 0.2) is 77.0 Å². The van der Waals surface area contributed by atoms with E-state index in [0.717, 1.165) is 0 Å². The van der Waals surface area contributed by atoms with Gasteiger partial charge in [-0.1, -0.05) is 11.6 Å². The third-order valence-corrected chi connectivity index (χ3v) is 5.29. The highest BCUT2D eigenvalue weighted by molar-refractivity contribution is 7.87. The van der Waals surface area contributed by atoms with E-state index in [1.807, 2.05) is 0 Å². The van der Waals surface area contributed by atoms with Crippen molar-refractivity contribution >= 4 is 33.8 Å². The van der Waals surface area contributed by atoms with E-state index in [-0.39, 0.29) is 16.4 Å². The zero-order valence-corrected chi connectivity index (χ0v) is 17.2. The molecule has 0 aliphatic heterocycles. The summed E-state index contributed by atoms with van der Waals surface area (Å²) in [4.78, 5) is 15.8. The second-order valence-electron chi connectivity index (χ2n) is 5.84. The highest BCUT2D eigenvalue weighted by atomic mass is 35.5. The largest absolute Gasteiger partial charge is 0.493 e. The minimum absolute atomic E-state index is 0.00370. The molecular weight excluding hydrogens is 430 g/mol. The van der Waals surface area contributed by atoms with Gasteiger partial charge in [0.15, 0.2) is 11.5 Å². The lowest BCUT2D eigenvalue weighted by atomic mass is 10.2. The Morgan fingerprint density at radius 1 is 1.13 bits per heavy atom. The minimum atomic E-state index is -4.07. The molecule has 0 bridgehead atoms. The van der Waals surface area contributed by atoms with Crippen LogP contribution in [0.2, 0.25) is 5.02 Å². The molecule has 154 valence electrons. The Morgan fingerprint density at radius 3 is 2.57 bits per heavy atom. The van der Waals surface area contributed by atoms with Crippen LogP contribution >= 0.6 is 11.6 Å². The summed E-state index contributed by atoms with van der Waals surface area (Å²) in [7, 11) is -2.69. The average Bonchev–Trinajstić information content (AvgIpc) is 2.75. The fraction of sp³-hybridized carbons (Fsp3) is 0.0500. The van der Waals surface area contributed by atoms with Crippen LogP contribution in [-0.4, -0.2) is 32.6 Å². The minimum Gasteiger partial charge on any atom is -0.493 e. The van der Waals surface area contributed by atoms with Crippen molar-refractivity contribution in [2.45, 2.75) is 4.90 Å². The van der Waals surface area contributed by atoms with E-state index in [1.54, 1.807) is 24.4 Å². The molecule has 0 aliphatic carbocycles. The van der Waals surface area contributed by atoms with E-state index in [9.17, 15) is 13.2 Å².